The third kappa shape index (κ3) is 4.28. The van der Waals surface area contributed by atoms with Crippen LogP contribution in [0.2, 0.25) is 0 Å². The average Bonchev–Trinajstić information content (AvgIpc) is 2.85. The Morgan fingerprint density at radius 3 is 2.39 bits per heavy atom. The van der Waals surface area contributed by atoms with Crippen molar-refractivity contribution in [3.8, 4) is 0 Å². The SMILES string of the molecule is CCCCC[C@H]1[C@H](I)C[C@@H](CC)N1S(=O)(=O)c1ccc(C)cc1. The molecule has 2 rings (SSSR count). The molecular formula is C18H28INO2S. The van der Waals surface area contributed by atoms with Gasteiger partial charge in [-0.25, -0.2) is 8.42 Å². The van der Waals surface area contributed by atoms with Gasteiger partial charge in [-0.2, -0.15) is 4.31 Å². The summed E-state index contributed by atoms with van der Waals surface area (Å²) in [6, 6.07) is 7.55. The lowest BCUT2D eigenvalue weighted by molar-refractivity contribution is 0.301. The van der Waals surface area contributed by atoms with Crippen LogP contribution in [0, 0.1) is 6.92 Å². The van der Waals surface area contributed by atoms with Crippen LogP contribution in [0.1, 0.15) is 57.9 Å². The molecule has 1 fully saturated rings. The highest BCUT2D eigenvalue weighted by Crippen LogP contribution is 2.38. The lowest BCUT2D eigenvalue weighted by Gasteiger charge is -2.29. The molecule has 0 aliphatic carbocycles. The van der Waals surface area contributed by atoms with Crippen molar-refractivity contribution in [1.82, 2.24) is 4.31 Å². The number of rotatable bonds is 7. The van der Waals surface area contributed by atoms with Gasteiger partial charge in [0.2, 0.25) is 10.0 Å². The largest absolute Gasteiger partial charge is 0.243 e. The van der Waals surface area contributed by atoms with Crippen LogP contribution in [0.5, 0.6) is 0 Å². The van der Waals surface area contributed by atoms with Crippen LogP contribution < -0.4 is 0 Å². The van der Waals surface area contributed by atoms with Crippen molar-refractivity contribution in [3.63, 3.8) is 0 Å². The van der Waals surface area contributed by atoms with Gasteiger partial charge >= 0.3 is 0 Å². The fourth-order valence-electron chi connectivity index (χ4n) is 3.42. The Kier molecular flexibility index (Phi) is 6.92. The summed E-state index contributed by atoms with van der Waals surface area (Å²) in [4.78, 5) is 0.438. The molecule has 130 valence electrons. The van der Waals surface area contributed by atoms with Gasteiger partial charge in [-0.05, 0) is 38.3 Å². The van der Waals surface area contributed by atoms with Crippen molar-refractivity contribution < 1.29 is 8.42 Å². The maximum Gasteiger partial charge on any atom is 0.243 e. The first-order valence-corrected chi connectivity index (χ1v) is 11.3. The van der Waals surface area contributed by atoms with E-state index in [1.54, 1.807) is 12.1 Å². The zero-order valence-electron chi connectivity index (χ0n) is 14.3. The van der Waals surface area contributed by atoms with E-state index < -0.39 is 10.0 Å². The van der Waals surface area contributed by atoms with E-state index in [1.165, 1.54) is 12.8 Å². The second-order valence-corrected chi connectivity index (χ2v) is 9.97. The molecule has 3 nitrogen and oxygen atoms in total. The molecule has 0 amide bonds. The molecule has 0 radical (unpaired) electrons. The molecule has 1 aliphatic heterocycles. The average molecular weight is 449 g/mol. The minimum absolute atomic E-state index is 0.134. The van der Waals surface area contributed by atoms with E-state index in [1.807, 2.05) is 23.4 Å². The molecule has 1 aromatic carbocycles. The fraction of sp³-hybridized carbons (Fsp3) is 0.667. The zero-order valence-corrected chi connectivity index (χ0v) is 17.3. The third-order valence-electron chi connectivity index (χ3n) is 4.77. The quantitative estimate of drug-likeness (QED) is 0.337. The molecule has 1 saturated heterocycles. The molecule has 0 saturated carbocycles. The van der Waals surface area contributed by atoms with Crippen molar-refractivity contribution in [3.05, 3.63) is 29.8 Å². The van der Waals surface area contributed by atoms with Crippen LogP contribution in [0.15, 0.2) is 29.2 Å². The summed E-state index contributed by atoms with van der Waals surface area (Å²) in [5, 5.41) is 0. The number of sulfonamides is 1. The minimum atomic E-state index is -3.41. The molecule has 0 bridgehead atoms. The van der Waals surface area contributed by atoms with E-state index in [-0.39, 0.29) is 12.1 Å². The Morgan fingerprint density at radius 1 is 1.17 bits per heavy atom. The lowest BCUT2D eigenvalue weighted by atomic mass is 10.1. The van der Waals surface area contributed by atoms with Crippen LogP contribution in [0.4, 0.5) is 0 Å². The summed E-state index contributed by atoms with van der Waals surface area (Å²) in [5.74, 6) is 0. The van der Waals surface area contributed by atoms with Crippen LogP contribution >= 0.6 is 22.6 Å². The Morgan fingerprint density at radius 2 is 1.83 bits per heavy atom. The first kappa shape index (κ1) is 19.2. The van der Waals surface area contributed by atoms with Crippen LogP contribution in [-0.2, 0) is 10.0 Å². The van der Waals surface area contributed by atoms with E-state index in [2.05, 4.69) is 36.4 Å². The second kappa shape index (κ2) is 8.30. The molecule has 1 aromatic rings. The first-order chi connectivity index (χ1) is 10.9. The van der Waals surface area contributed by atoms with Gasteiger partial charge in [-0.3, -0.25) is 0 Å². The van der Waals surface area contributed by atoms with E-state index >= 15 is 0 Å². The number of alkyl halides is 1. The van der Waals surface area contributed by atoms with Gasteiger partial charge in [-0.15, -0.1) is 0 Å². The van der Waals surface area contributed by atoms with Gasteiger partial charge in [0.25, 0.3) is 0 Å². The van der Waals surface area contributed by atoms with E-state index in [0.29, 0.717) is 8.82 Å². The Bertz CT molecular complexity index is 600. The van der Waals surface area contributed by atoms with Gasteiger partial charge in [0.15, 0.2) is 0 Å². The smallest absolute Gasteiger partial charge is 0.207 e. The van der Waals surface area contributed by atoms with Crippen LogP contribution in [-0.4, -0.2) is 28.7 Å². The predicted molar refractivity (Wildman–Crippen MR) is 105 cm³/mol. The molecule has 0 unspecified atom stereocenters. The number of unbranched alkanes of at least 4 members (excludes halogenated alkanes) is 2. The summed E-state index contributed by atoms with van der Waals surface area (Å²) in [7, 11) is -3.41. The molecule has 5 heteroatoms. The maximum atomic E-state index is 13.2. The highest BCUT2D eigenvalue weighted by atomic mass is 127. The fourth-order valence-corrected chi connectivity index (χ4v) is 6.89. The summed E-state index contributed by atoms with van der Waals surface area (Å²) < 4.78 is 28.7. The second-order valence-electron chi connectivity index (χ2n) is 6.52. The molecule has 0 spiro atoms. The maximum absolute atomic E-state index is 13.2. The monoisotopic (exact) mass is 449 g/mol. The van der Waals surface area contributed by atoms with Gasteiger partial charge in [0, 0.05) is 16.0 Å². The van der Waals surface area contributed by atoms with Crippen molar-refractivity contribution >= 4 is 32.6 Å². The topological polar surface area (TPSA) is 37.4 Å². The van der Waals surface area contributed by atoms with Crippen molar-refractivity contribution in [2.75, 3.05) is 0 Å². The Balaban J connectivity index is 2.31. The summed E-state index contributed by atoms with van der Waals surface area (Å²) in [6.45, 7) is 6.27. The van der Waals surface area contributed by atoms with Crippen molar-refractivity contribution in [2.45, 2.75) is 80.2 Å². The minimum Gasteiger partial charge on any atom is -0.207 e. The zero-order chi connectivity index (χ0) is 17.0. The van der Waals surface area contributed by atoms with E-state index in [4.69, 9.17) is 0 Å². The van der Waals surface area contributed by atoms with E-state index in [0.717, 1.165) is 31.2 Å². The number of aryl methyl sites for hydroxylation is 1. The van der Waals surface area contributed by atoms with E-state index in [9.17, 15) is 8.42 Å². The van der Waals surface area contributed by atoms with Gasteiger partial charge < -0.3 is 0 Å². The number of nitrogens with zero attached hydrogens (tertiary/aromatic N) is 1. The highest BCUT2D eigenvalue weighted by molar-refractivity contribution is 14.1. The third-order valence-corrected chi connectivity index (χ3v) is 8.10. The van der Waals surface area contributed by atoms with Crippen molar-refractivity contribution in [1.29, 1.82) is 0 Å². The Labute approximate surface area is 155 Å². The van der Waals surface area contributed by atoms with Crippen LogP contribution in [0.3, 0.4) is 0 Å². The predicted octanol–water partition coefficient (Wildman–Crippen LogP) is 4.92. The van der Waals surface area contributed by atoms with Crippen LogP contribution in [0.25, 0.3) is 0 Å². The van der Waals surface area contributed by atoms with Gasteiger partial charge in [0.1, 0.15) is 0 Å². The molecule has 1 aliphatic rings. The first-order valence-electron chi connectivity index (χ1n) is 8.66. The summed E-state index contributed by atoms with van der Waals surface area (Å²) >= 11 is 2.46. The van der Waals surface area contributed by atoms with Gasteiger partial charge in [0.05, 0.1) is 4.90 Å². The number of hydrogen-bond acceptors (Lipinski definition) is 2. The molecule has 3 atom stereocenters. The number of halogens is 1. The Hall–Kier alpha value is -0.140. The molecular weight excluding hydrogens is 421 g/mol. The standard InChI is InChI=1S/C18H28INO2S/c1-4-6-7-8-18-17(19)13-15(5-2)20(18)23(21,22)16-11-9-14(3)10-12-16/h9-12,15,17-18H,4-8,13H2,1-3H3/t15-,17-,18+/m1/s1. The van der Waals surface area contributed by atoms with Crippen molar-refractivity contribution in [2.24, 2.45) is 0 Å². The molecule has 1 heterocycles. The lowest BCUT2D eigenvalue weighted by Crippen LogP contribution is -2.42. The highest BCUT2D eigenvalue weighted by Gasteiger charge is 2.45. The number of hydrogen-bond donors (Lipinski definition) is 0. The molecule has 23 heavy (non-hydrogen) atoms. The molecule has 0 aromatic heterocycles. The summed E-state index contributed by atoms with van der Waals surface area (Å²) in [5.41, 5.74) is 1.09. The normalized spacial score (nSPS) is 25.8. The van der Waals surface area contributed by atoms with Gasteiger partial charge in [-0.1, -0.05) is 73.4 Å². The summed E-state index contributed by atoms with van der Waals surface area (Å²) in [6.07, 6.45) is 6.28. The molecule has 0 N–H and O–H groups in total. The number of benzene rings is 1.